The van der Waals surface area contributed by atoms with Gasteiger partial charge >= 0.3 is 0 Å². The standard InChI is InChI=1S/C22H20N2OS/c1-16-7-10-18(11-8-16)22-23-19-13-14-24(15-20(19)26-22)21(25)12-9-17-5-3-2-4-6-17/h2-12H,13-15H2,1H3/b12-9+. The monoisotopic (exact) mass is 360 g/mol. The molecule has 130 valence electrons. The van der Waals surface area contributed by atoms with Gasteiger partial charge in [0.2, 0.25) is 5.91 Å². The van der Waals surface area contributed by atoms with Crippen molar-refractivity contribution in [1.29, 1.82) is 0 Å². The number of amides is 1. The van der Waals surface area contributed by atoms with Gasteiger partial charge in [-0.25, -0.2) is 4.98 Å². The van der Waals surface area contributed by atoms with Crippen molar-refractivity contribution >= 4 is 23.3 Å². The number of fused-ring (bicyclic) bond motifs is 1. The van der Waals surface area contributed by atoms with Crippen LogP contribution in [0.2, 0.25) is 0 Å². The molecule has 0 N–H and O–H groups in total. The average Bonchev–Trinajstić information content (AvgIpc) is 3.10. The van der Waals surface area contributed by atoms with E-state index in [0.717, 1.165) is 34.8 Å². The lowest BCUT2D eigenvalue weighted by atomic mass is 10.1. The molecule has 0 saturated carbocycles. The average molecular weight is 360 g/mol. The van der Waals surface area contributed by atoms with Crippen LogP contribution in [0, 0.1) is 6.92 Å². The Kier molecular flexibility index (Phi) is 4.67. The molecule has 1 aliphatic rings. The summed E-state index contributed by atoms with van der Waals surface area (Å²) in [7, 11) is 0. The van der Waals surface area contributed by atoms with Crippen molar-refractivity contribution in [2.45, 2.75) is 19.9 Å². The number of hydrogen-bond donors (Lipinski definition) is 0. The number of benzene rings is 2. The molecule has 1 aliphatic heterocycles. The summed E-state index contributed by atoms with van der Waals surface area (Å²) in [5, 5.41) is 1.05. The fourth-order valence-electron chi connectivity index (χ4n) is 3.04. The third-order valence-electron chi connectivity index (χ3n) is 4.56. The van der Waals surface area contributed by atoms with Gasteiger partial charge in [0.15, 0.2) is 0 Å². The van der Waals surface area contributed by atoms with Crippen LogP contribution in [-0.2, 0) is 17.8 Å². The Labute approximate surface area is 157 Å². The first-order valence-electron chi connectivity index (χ1n) is 8.77. The van der Waals surface area contributed by atoms with E-state index >= 15 is 0 Å². The van der Waals surface area contributed by atoms with E-state index in [4.69, 9.17) is 4.98 Å². The predicted molar refractivity (Wildman–Crippen MR) is 107 cm³/mol. The highest BCUT2D eigenvalue weighted by Gasteiger charge is 2.23. The van der Waals surface area contributed by atoms with Crippen molar-refractivity contribution in [3.63, 3.8) is 0 Å². The minimum atomic E-state index is 0.0600. The second-order valence-electron chi connectivity index (χ2n) is 6.51. The van der Waals surface area contributed by atoms with E-state index < -0.39 is 0 Å². The lowest BCUT2D eigenvalue weighted by Crippen LogP contribution is -2.34. The van der Waals surface area contributed by atoms with Gasteiger partial charge in [-0.1, -0.05) is 60.2 Å². The fourth-order valence-corrected chi connectivity index (χ4v) is 4.17. The number of hydrogen-bond acceptors (Lipinski definition) is 3. The van der Waals surface area contributed by atoms with Crippen LogP contribution in [0.4, 0.5) is 0 Å². The summed E-state index contributed by atoms with van der Waals surface area (Å²) < 4.78 is 0. The molecular weight excluding hydrogens is 340 g/mol. The van der Waals surface area contributed by atoms with E-state index in [-0.39, 0.29) is 5.91 Å². The van der Waals surface area contributed by atoms with Crippen molar-refractivity contribution in [2.75, 3.05) is 6.54 Å². The summed E-state index contributed by atoms with van der Waals surface area (Å²) >= 11 is 1.70. The van der Waals surface area contributed by atoms with E-state index in [1.807, 2.05) is 41.3 Å². The molecule has 1 amide bonds. The van der Waals surface area contributed by atoms with Crippen molar-refractivity contribution in [2.24, 2.45) is 0 Å². The minimum absolute atomic E-state index is 0.0600. The third-order valence-corrected chi connectivity index (χ3v) is 5.69. The summed E-state index contributed by atoms with van der Waals surface area (Å²) in [5.74, 6) is 0.0600. The zero-order valence-corrected chi connectivity index (χ0v) is 15.5. The van der Waals surface area contributed by atoms with E-state index in [1.54, 1.807) is 17.4 Å². The van der Waals surface area contributed by atoms with Gasteiger partial charge in [0.1, 0.15) is 5.01 Å². The predicted octanol–water partition coefficient (Wildman–Crippen LogP) is 4.72. The van der Waals surface area contributed by atoms with Crippen molar-refractivity contribution in [1.82, 2.24) is 9.88 Å². The molecule has 0 fully saturated rings. The molecule has 1 aromatic heterocycles. The van der Waals surface area contributed by atoms with E-state index in [9.17, 15) is 4.79 Å². The molecule has 0 spiro atoms. The number of nitrogens with zero attached hydrogens (tertiary/aromatic N) is 2. The van der Waals surface area contributed by atoms with Crippen molar-refractivity contribution < 1.29 is 4.79 Å². The van der Waals surface area contributed by atoms with E-state index in [0.29, 0.717) is 6.54 Å². The normalized spacial score (nSPS) is 13.8. The Morgan fingerprint density at radius 3 is 2.65 bits per heavy atom. The molecular formula is C22H20N2OS. The number of rotatable bonds is 3. The van der Waals surface area contributed by atoms with Crippen LogP contribution in [0.1, 0.15) is 21.7 Å². The second kappa shape index (κ2) is 7.26. The molecule has 2 aromatic carbocycles. The Balaban J connectivity index is 1.48. The summed E-state index contributed by atoms with van der Waals surface area (Å²) in [6.07, 6.45) is 4.37. The zero-order valence-electron chi connectivity index (χ0n) is 14.7. The van der Waals surface area contributed by atoms with E-state index in [1.165, 1.54) is 10.4 Å². The summed E-state index contributed by atoms with van der Waals surface area (Å²) in [6.45, 7) is 3.46. The first-order chi connectivity index (χ1) is 12.7. The van der Waals surface area contributed by atoms with E-state index in [2.05, 4.69) is 31.2 Å². The third kappa shape index (κ3) is 3.60. The first-order valence-corrected chi connectivity index (χ1v) is 9.58. The maximum atomic E-state index is 12.5. The van der Waals surface area contributed by atoms with Crippen LogP contribution >= 0.6 is 11.3 Å². The Morgan fingerprint density at radius 1 is 1.12 bits per heavy atom. The van der Waals surface area contributed by atoms with Gasteiger partial charge in [-0.15, -0.1) is 11.3 Å². The topological polar surface area (TPSA) is 33.2 Å². The molecule has 4 heteroatoms. The minimum Gasteiger partial charge on any atom is -0.334 e. The molecule has 2 heterocycles. The molecule has 0 bridgehead atoms. The molecule has 0 aliphatic carbocycles. The molecule has 0 unspecified atom stereocenters. The maximum Gasteiger partial charge on any atom is 0.246 e. The molecule has 0 saturated heterocycles. The lowest BCUT2D eigenvalue weighted by molar-refractivity contribution is -0.126. The summed E-state index contributed by atoms with van der Waals surface area (Å²) in [4.78, 5) is 20.4. The molecule has 3 nitrogen and oxygen atoms in total. The highest BCUT2D eigenvalue weighted by molar-refractivity contribution is 7.15. The van der Waals surface area contributed by atoms with Gasteiger partial charge in [-0.05, 0) is 18.6 Å². The van der Waals surface area contributed by atoms with Crippen LogP contribution < -0.4 is 0 Å². The summed E-state index contributed by atoms with van der Waals surface area (Å²) in [5.41, 5.74) is 4.58. The second-order valence-corrected chi connectivity index (χ2v) is 7.59. The quantitative estimate of drug-likeness (QED) is 0.634. The number of thiazole rings is 1. The van der Waals surface area contributed by atoms with Crippen molar-refractivity contribution in [3.8, 4) is 10.6 Å². The maximum absolute atomic E-state index is 12.5. The molecule has 4 rings (SSSR count). The molecule has 3 aromatic rings. The molecule has 0 atom stereocenters. The SMILES string of the molecule is Cc1ccc(-c2nc3c(s2)CN(C(=O)/C=C/c2ccccc2)CC3)cc1. The molecule has 26 heavy (non-hydrogen) atoms. The lowest BCUT2D eigenvalue weighted by Gasteiger charge is -2.24. The smallest absolute Gasteiger partial charge is 0.246 e. The van der Waals surface area contributed by atoms with Gasteiger partial charge in [-0.2, -0.15) is 0 Å². The number of carbonyl (C=O) groups is 1. The largest absolute Gasteiger partial charge is 0.334 e. The number of carbonyl (C=O) groups excluding carboxylic acids is 1. The number of aryl methyl sites for hydroxylation is 1. The highest BCUT2D eigenvalue weighted by atomic mass is 32.1. The molecule has 0 radical (unpaired) electrons. The van der Waals surface area contributed by atoms with Gasteiger partial charge in [0, 0.05) is 29.5 Å². The van der Waals surface area contributed by atoms with Gasteiger partial charge in [0.25, 0.3) is 0 Å². The van der Waals surface area contributed by atoms with Crippen LogP contribution in [0.15, 0.2) is 60.7 Å². The van der Waals surface area contributed by atoms with Gasteiger partial charge in [-0.3, -0.25) is 4.79 Å². The Bertz CT molecular complexity index is 942. The fraction of sp³-hybridized carbons (Fsp3) is 0.182. The van der Waals surface area contributed by atoms with Crippen LogP contribution in [-0.4, -0.2) is 22.3 Å². The van der Waals surface area contributed by atoms with Crippen LogP contribution in [0.25, 0.3) is 16.6 Å². The highest BCUT2D eigenvalue weighted by Crippen LogP contribution is 2.31. The van der Waals surface area contributed by atoms with Gasteiger partial charge < -0.3 is 4.90 Å². The van der Waals surface area contributed by atoms with Crippen molar-refractivity contribution in [3.05, 3.63) is 82.4 Å². The number of aromatic nitrogens is 1. The Morgan fingerprint density at radius 2 is 1.88 bits per heavy atom. The zero-order chi connectivity index (χ0) is 17.9. The first kappa shape index (κ1) is 16.7. The van der Waals surface area contributed by atoms with Gasteiger partial charge in [0.05, 0.1) is 12.2 Å². The Hall–Kier alpha value is -2.72. The van der Waals surface area contributed by atoms with Crippen LogP contribution in [0.5, 0.6) is 0 Å². The summed E-state index contributed by atoms with van der Waals surface area (Å²) in [6, 6.07) is 18.4. The van der Waals surface area contributed by atoms with Crippen LogP contribution in [0.3, 0.4) is 0 Å².